The molecule has 2 aromatic heterocycles. The summed E-state index contributed by atoms with van der Waals surface area (Å²) in [4.78, 5) is 14.5. The Morgan fingerprint density at radius 1 is 1.12 bits per heavy atom. The van der Waals surface area contributed by atoms with Crippen LogP contribution in [0.4, 0.5) is 0 Å². The van der Waals surface area contributed by atoms with Crippen LogP contribution >= 0.6 is 0 Å². The summed E-state index contributed by atoms with van der Waals surface area (Å²) in [5, 5.41) is 15.1. The Hall–Kier alpha value is -2.60. The van der Waals surface area contributed by atoms with Gasteiger partial charge in [0.25, 0.3) is 5.56 Å². The number of aromatic hydroxyl groups is 1. The lowest BCUT2D eigenvalue weighted by Crippen LogP contribution is -2.24. The van der Waals surface area contributed by atoms with Gasteiger partial charge in [-0.15, -0.1) is 0 Å². The summed E-state index contributed by atoms with van der Waals surface area (Å²) in [6, 6.07) is 8.85. The van der Waals surface area contributed by atoms with Gasteiger partial charge in [0.2, 0.25) is 0 Å². The highest BCUT2D eigenvalue weighted by Crippen LogP contribution is 2.18. The average molecular weight is 324 g/mol. The highest BCUT2D eigenvalue weighted by Gasteiger charge is 2.12. The van der Waals surface area contributed by atoms with Crippen LogP contribution in [0.15, 0.2) is 47.5 Å². The number of benzene rings is 1. The van der Waals surface area contributed by atoms with Crippen molar-refractivity contribution in [2.24, 2.45) is 0 Å². The molecule has 6 nitrogen and oxygen atoms in total. The molecule has 3 heterocycles. The SMILES string of the molecule is O=c1c(O)cccn1-c1ccc2c(cnn2CCN2CCCC2)c1. The number of nitrogens with zero attached hydrogens (tertiary/aromatic N) is 4. The normalized spacial score (nSPS) is 15.3. The molecule has 0 atom stereocenters. The van der Waals surface area contributed by atoms with Crippen molar-refractivity contribution in [1.29, 1.82) is 0 Å². The molecular weight excluding hydrogens is 304 g/mol. The van der Waals surface area contributed by atoms with Crippen molar-refractivity contribution < 1.29 is 5.11 Å². The minimum absolute atomic E-state index is 0.251. The standard InChI is InChI=1S/C18H20N4O2/c23-17-4-3-9-21(18(17)24)15-5-6-16-14(12-15)13-19-22(16)11-10-20-7-1-2-8-20/h3-6,9,12-13,23H,1-2,7-8,10-11H2. The number of pyridine rings is 1. The second-order valence-corrected chi connectivity index (χ2v) is 6.23. The zero-order valence-electron chi connectivity index (χ0n) is 13.4. The molecule has 4 rings (SSSR count). The van der Waals surface area contributed by atoms with E-state index >= 15 is 0 Å². The van der Waals surface area contributed by atoms with E-state index in [0.717, 1.165) is 29.7 Å². The molecule has 0 saturated carbocycles. The first-order chi connectivity index (χ1) is 11.7. The van der Waals surface area contributed by atoms with E-state index in [4.69, 9.17) is 0 Å². The third-order valence-corrected chi connectivity index (χ3v) is 4.66. The van der Waals surface area contributed by atoms with Crippen molar-refractivity contribution >= 4 is 10.9 Å². The Morgan fingerprint density at radius 3 is 2.79 bits per heavy atom. The lowest BCUT2D eigenvalue weighted by atomic mass is 10.2. The molecule has 1 aliphatic heterocycles. The Morgan fingerprint density at radius 2 is 1.96 bits per heavy atom. The maximum absolute atomic E-state index is 12.0. The van der Waals surface area contributed by atoms with Gasteiger partial charge < -0.3 is 10.0 Å². The van der Waals surface area contributed by atoms with E-state index in [9.17, 15) is 9.90 Å². The largest absolute Gasteiger partial charge is 0.503 e. The van der Waals surface area contributed by atoms with E-state index in [-0.39, 0.29) is 5.75 Å². The number of likely N-dealkylation sites (tertiary alicyclic amines) is 1. The van der Waals surface area contributed by atoms with E-state index in [2.05, 4.69) is 10.00 Å². The van der Waals surface area contributed by atoms with Gasteiger partial charge in [0.15, 0.2) is 5.75 Å². The molecule has 0 amide bonds. The van der Waals surface area contributed by atoms with E-state index in [1.165, 1.54) is 36.6 Å². The van der Waals surface area contributed by atoms with E-state index in [1.54, 1.807) is 12.3 Å². The number of hydrogen-bond acceptors (Lipinski definition) is 4. The first-order valence-electron chi connectivity index (χ1n) is 8.31. The van der Waals surface area contributed by atoms with Gasteiger partial charge in [-0.25, -0.2) is 0 Å². The molecule has 0 bridgehead atoms. The Balaban J connectivity index is 1.62. The second-order valence-electron chi connectivity index (χ2n) is 6.23. The van der Waals surface area contributed by atoms with Crippen molar-refractivity contribution in [1.82, 2.24) is 19.2 Å². The van der Waals surface area contributed by atoms with E-state index in [1.807, 2.05) is 29.1 Å². The molecule has 1 saturated heterocycles. The molecule has 1 aromatic carbocycles. The summed E-state index contributed by atoms with van der Waals surface area (Å²) in [5.74, 6) is -0.251. The molecule has 3 aromatic rings. The number of hydrogen-bond donors (Lipinski definition) is 1. The lowest BCUT2D eigenvalue weighted by molar-refractivity contribution is 0.318. The van der Waals surface area contributed by atoms with Crippen LogP contribution in [-0.4, -0.2) is 44.0 Å². The van der Waals surface area contributed by atoms with Crippen LogP contribution in [0, 0.1) is 0 Å². The molecule has 0 spiro atoms. The molecule has 1 N–H and O–H groups in total. The van der Waals surface area contributed by atoms with Gasteiger partial charge >= 0.3 is 0 Å². The predicted octanol–water partition coefficient (Wildman–Crippen LogP) is 1.99. The highest BCUT2D eigenvalue weighted by atomic mass is 16.3. The van der Waals surface area contributed by atoms with Crippen LogP contribution in [-0.2, 0) is 6.54 Å². The minimum atomic E-state index is -0.418. The smallest absolute Gasteiger partial charge is 0.297 e. The maximum Gasteiger partial charge on any atom is 0.297 e. The van der Waals surface area contributed by atoms with Gasteiger partial charge in [0, 0.05) is 23.8 Å². The van der Waals surface area contributed by atoms with Gasteiger partial charge in [-0.3, -0.25) is 14.0 Å². The van der Waals surface area contributed by atoms with Crippen LogP contribution in [0.2, 0.25) is 0 Å². The fraction of sp³-hybridized carbons (Fsp3) is 0.333. The summed E-state index contributed by atoms with van der Waals surface area (Å²) in [6.07, 6.45) is 6.07. The van der Waals surface area contributed by atoms with Gasteiger partial charge in [-0.2, -0.15) is 5.10 Å². The Kier molecular flexibility index (Phi) is 3.82. The molecule has 0 aliphatic carbocycles. The van der Waals surface area contributed by atoms with Crippen LogP contribution < -0.4 is 5.56 Å². The van der Waals surface area contributed by atoms with Gasteiger partial charge in [0.1, 0.15) is 0 Å². The van der Waals surface area contributed by atoms with Crippen molar-refractivity contribution in [2.45, 2.75) is 19.4 Å². The second kappa shape index (κ2) is 6.13. The van der Waals surface area contributed by atoms with Gasteiger partial charge in [0.05, 0.1) is 18.3 Å². The molecule has 6 heteroatoms. The zero-order valence-corrected chi connectivity index (χ0v) is 13.4. The molecule has 124 valence electrons. The zero-order chi connectivity index (χ0) is 16.5. The lowest BCUT2D eigenvalue weighted by Gasteiger charge is -2.14. The third kappa shape index (κ3) is 2.69. The summed E-state index contributed by atoms with van der Waals surface area (Å²) >= 11 is 0. The van der Waals surface area contributed by atoms with Crippen molar-refractivity contribution in [2.75, 3.05) is 19.6 Å². The number of aromatic nitrogens is 3. The van der Waals surface area contributed by atoms with E-state index in [0.29, 0.717) is 0 Å². The van der Waals surface area contributed by atoms with E-state index < -0.39 is 5.56 Å². The average Bonchev–Trinajstić information content (AvgIpc) is 3.24. The van der Waals surface area contributed by atoms with Gasteiger partial charge in [-0.1, -0.05) is 0 Å². The van der Waals surface area contributed by atoms with Crippen molar-refractivity contribution in [3.05, 3.63) is 53.1 Å². The first kappa shape index (κ1) is 15.0. The highest BCUT2D eigenvalue weighted by molar-refractivity contribution is 5.80. The van der Waals surface area contributed by atoms with Crippen molar-refractivity contribution in [3.63, 3.8) is 0 Å². The van der Waals surface area contributed by atoms with Crippen LogP contribution in [0.3, 0.4) is 0 Å². The fourth-order valence-corrected chi connectivity index (χ4v) is 3.33. The molecule has 0 radical (unpaired) electrons. The number of rotatable bonds is 4. The summed E-state index contributed by atoms with van der Waals surface area (Å²) in [5.41, 5.74) is 1.37. The quantitative estimate of drug-likeness (QED) is 0.797. The van der Waals surface area contributed by atoms with Crippen molar-refractivity contribution in [3.8, 4) is 11.4 Å². The molecule has 24 heavy (non-hydrogen) atoms. The fourth-order valence-electron chi connectivity index (χ4n) is 3.33. The molecular formula is C18H20N4O2. The third-order valence-electron chi connectivity index (χ3n) is 4.66. The molecule has 1 fully saturated rings. The Labute approximate surface area is 139 Å². The topological polar surface area (TPSA) is 63.3 Å². The monoisotopic (exact) mass is 324 g/mol. The molecule has 1 aliphatic rings. The van der Waals surface area contributed by atoms with Crippen LogP contribution in [0.5, 0.6) is 5.75 Å². The Bertz CT molecular complexity index is 922. The summed E-state index contributed by atoms with van der Waals surface area (Å²) in [7, 11) is 0. The maximum atomic E-state index is 12.0. The van der Waals surface area contributed by atoms with Crippen LogP contribution in [0.1, 0.15) is 12.8 Å². The minimum Gasteiger partial charge on any atom is -0.503 e. The molecule has 0 unspecified atom stereocenters. The van der Waals surface area contributed by atoms with Gasteiger partial charge in [-0.05, 0) is 56.3 Å². The first-order valence-corrected chi connectivity index (χ1v) is 8.31. The number of fused-ring (bicyclic) bond motifs is 1. The van der Waals surface area contributed by atoms with Crippen LogP contribution in [0.25, 0.3) is 16.6 Å². The summed E-state index contributed by atoms with van der Waals surface area (Å²) < 4.78 is 3.46. The predicted molar refractivity (Wildman–Crippen MR) is 92.7 cm³/mol. The summed E-state index contributed by atoms with van der Waals surface area (Å²) in [6.45, 7) is 4.26.